The Labute approximate surface area is 136 Å². The van der Waals surface area contributed by atoms with Gasteiger partial charge in [-0.05, 0) is 63.3 Å². The number of amides is 1. The lowest BCUT2D eigenvalue weighted by atomic mass is 9.90. The van der Waals surface area contributed by atoms with Gasteiger partial charge in [-0.2, -0.15) is 0 Å². The average molecular weight is 317 g/mol. The number of ether oxygens (including phenoxy) is 1. The van der Waals surface area contributed by atoms with Crippen LogP contribution in [0.15, 0.2) is 24.3 Å². The van der Waals surface area contributed by atoms with E-state index < -0.39 is 11.4 Å². The highest BCUT2D eigenvalue weighted by atomic mass is 16.5. The van der Waals surface area contributed by atoms with E-state index in [9.17, 15) is 14.7 Å². The Morgan fingerprint density at radius 1 is 1.22 bits per heavy atom. The molecule has 1 atom stereocenters. The third-order valence-electron chi connectivity index (χ3n) is 4.98. The van der Waals surface area contributed by atoms with Gasteiger partial charge >= 0.3 is 5.97 Å². The van der Waals surface area contributed by atoms with Gasteiger partial charge in [0.05, 0.1) is 11.5 Å². The number of carbonyl (C=O) groups is 2. The van der Waals surface area contributed by atoms with Crippen molar-refractivity contribution in [3.63, 3.8) is 0 Å². The van der Waals surface area contributed by atoms with Crippen LogP contribution in [0.25, 0.3) is 0 Å². The largest absolute Gasteiger partial charge is 0.490 e. The first-order chi connectivity index (χ1) is 11.0. The smallest absolute Gasteiger partial charge is 0.311 e. The summed E-state index contributed by atoms with van der Waals surface area (Å²) in [5.41, 5.74) is -0.250. The van der Waals surface area contributed by atoms with Gasteiger partial charge < -0.3 is 14.7 Å². The van der Waals surface area contributed by atoms with Crippen molar-refractivity contribution in [2.75, 3.05) is 13.1 Å². The summed E-state index contributed by atoms with van der Waals surface area (Å²) in [4.78, 5) is 25.4. The van der Waals surface area contributed by atoms with Crippen LogP contribution in [0.1, 0.15) is 49.4 Å². The van der Waals surface area contributed by atoms with E-state index >= 15 is 0 Å². The van der Waals surface area contributed by atoms with E-state index in [1.165, 1.54) is 12.8 Å². The monoisotopic (exact) mass is 317 g/mol. The Hall–Kier alpha value is -2.04. The molecular weight excluding hydrogens is 294 g/mol. The van der Waals surface area contributed by atoms with Gasteiger partial charge in [0.2, 0.25) is 0 Å². The van der Waals surface area contributed by atoms with Crippen molar-refractivity contribution in [2.24, 2.45) is 5.41 Å². The number of rotatable bonds is 4. The van der Waals surface area contributed by atoms with Crippen LogP contribution >= 0.6 is 0 Å². The SMILES string of the molecule is C[C@]1(C(=O)O)CCN(C(=O)c2ccc(OC3CCCC3)cc2)C1. The van der Waals surface area contributed by atoms with Gasteiger partial charge in [0, 0.05) is 18.7 Å². The number of carboxylic acids is 1. The van der Waals surface area contributed by atoms with Crippen molar-refractivity contribution in [1.29, 1.82) is 0 Å². The Morgan fingerprint density at radius 2 is 1.87 bits per heavy atom. The van der Waals surface area contributed by atoms with E-state index in [2.05, 4.69) is 0 Å². The number of carbonyl (C=O) groups excluding carboxylic acids is 1. The minimum atomic E-state index is -0.840. The zero-order valence-corrected chi connectivity index (χ0v) is 13.5. The van der Waals surface area contributed by atoms with Gasteiger partial charge in [0.15, 0.2) is 0 Å². The molecule has 124 valence electrons. The molecule has 0 aromatic heterocycles. The van der Waals surface area contributed by atoms with E-state index in [0.29, 0.717) is 24.6 Å². The van der Waals surface area contributed by atoms with Crippen LogP contribution in [0.3, 0.4) is 0 Å². The van der Waals surface area contributed by atoms with E-state index in [4.69, 9.17) is 4.74 Å². The van der Waals surface area contributed by atoms with Crippen LogP contribution < -0.4 is 4.74 Å². The predicted octanol–water partition coefficient (Wildman–Crippen LogP) is 2.94. The normalized spacial score (nSPS) is 24.8. The number of likely N-dealkylation sites (tertiary alicyclic amines) is 1. The van der Waals surface area contributed by atoms with Crippen molar-refractivity contribution in [3.05, 3.63) is 29.8 Å². The highest BCUT2D eigenvalue weighted by Crippen LogP contribution is 2.31. The first kappa shape index (κ1) is 15.8. The molecule has 1 heterocycles. The third kappa shape index (κ3) is 3.33. The lowest BCUT2D eigenvalue weighted by Crippen LogP contribution is -2.34. The third-order valence-corrected chi connectivity index (χ3v) is 4.98. The molecule has 1 aliphatic heterocycles. The summed E-state index contributed by atoms with van der Waals surface area (Å²) in [6.07, 6.45) is 5.43. The van der Waals surface area contributed by atoms with Crippen molar-refractivity contribution in [1.82, 2.24) is 4.90 Å². The summed E-state index contributed by atoms with van der Waals surface area (Å²) in [7, 11) is 0. The number of aliphatic carboxylic acids is 1. The molecule has 2 aliphatic rings. The minimum Gasteiger partial charge on any atom is -0.490 e. The second-order valence-electron chi connectivity index (χ2n) is 6.89. The predicted molar refractivity (Wildman–Crippen MR) is 85.6 cm³/mol. The fourth-order valence-corrected chi connectivity index (χ4v) is 3.37. The highest BCUT2D eigenvalue weighted by Gasteiger charge is 2.42. The van der Waals surface area contributed by atoms with Crippen LogP contribution in [0.5, 0.6) is 5.75 Å². The highest BCUT2D eigenvalue weighted by molar-refractivity contribution is 5.95. The van der Waals surface area contributed by atoms with Crippen LogP contribution in [-0.4, -0.2) is 41.1 Å². The molecule has 1 saturated carbocycles. The van der Waals surface area contributed by atoms with Crippen LogP contribution in [0.2, 0.25) is 0 Å². The molecule has 1 aromatic carbocycles. The summed E-state index contributed by atoms with van der Waals surface area (Å²) in [5, 5.41) is 9.26. The van der Waals surface area contributed by atoms with E-state index in [0.717, 1.165) is 18.6 Å². The summed E-state index contributed by atoms with van der Waals surface area (Å²) in [6, 6.07) is 7.20. The Morgan fingerprint density at radius 3 is 2.43 bits per heavy atom. The Kier molecular flexibility index (Phi) is 4.28. The Balaban J connectivity index is 1.63. The molecule has 3 rings (SSSR count). The van der Waals surface area contributed by atoms with Crippen LogP contribution in [-0.2, 0) is 4.79 Å². The van der Waals surface area contributed by atoms with Crippen molar-refractivity contribution in [3.8, 4) is 5.75 Å². The number of carboxylic acid groups (broad SMARTS) is 1. The second-order valence-corrected chi connectivity index (χ2v) is 6.89. The topological polar surface area (TPSA) is 66.8 Å². The molecule has 23 heavy (non-hydrogen) atoms. The molecule has 1 aliphatic carbocycles. The second kappa shape index (κ2) is 6.22. The lowest BCUT2D eigenvalue weighted by molar-refractivity contribution is -0.147. The molecule has 1 N–H and O–H groups in total. The molecule has 1 amide bonds. The molecule has 0 spiro atoms. The van der Waals surface area contributed by atoms with Gasteiger partial charge in [-0.3, -0.25) is 9.59 Å². The number of nitrogens with zero attached hydrogens (tertiary/aromatic N) is 1. The molecule has 0 radical (unpaired) electrons. The molecular formula is C18H23NO4. The molecule has 5 nitrogen and oxygen atoms in total. The lowest BCUT2D eigenvalue weighted by Gasteiger charge is -2.20. The quantitative estimate of drug-likeness (QED) is 0.927. The summed E-state index contributed by atoms with van der Waals surface area (Å²) in [6.45, 7) is 2.45. The van der Waals surface area contributed by atoms with E-state index in [1.54, 1.807) is 24.0 Å². The van der Waals surface area contributed by atoms with Crippen molar-refractivity contribution >= 4 is 11.9 Å². The fourth-order valence-electron chi connectivity index (χ4n) is 3.37. The van der Waals surface area contributed by atoms with Crippen LogP contribution in [0.4, 0.5) is 0 Å². The van der Waals surface area contributed by atoms with Crippen molar-refractivity contribution in [2.45, 2.75) is 45.1 Å². The van der Waals surface area contributed by atoms with E-state index in [-0.39, 0.29) is 12.5 Å². The number of benzene rings is 1. The van der Waals surface area contributed by atoms with E-state index in [1.807, 2.05) is 12.1 Å². The average Bonchev–Trinajstić information content (AvgIpc) is 3.18. The summed E-state index contributed by atoms with van der Waals surface area (Å²) in [5.74, 6) is -0.152. The van der Waals surface area contributed by atoms with Gasteiger partial charge in [-0.15, -0.1) is 0 Å². The first-order valence-electron chi connectivity index (χ1n) is 8.27. The number of hydrogen-bond donors (Lipinski definition) is 1. The molecule has 1 aromatic rings. The fraction of sp³-hybridized carbons (Fsp3) is 0.556. The minimum absolute atomic E-state index is 0.109. The number of hydrogen-bond acceptors (Lipinski definition) is 3. The van der Waals surface area contributed by atoms with Crippen molar-refractivity contribution < 1.29 is 19.4 Å². The molecule has 5 heteroatoms. The maximum atomic E-state index is 12.5. The summed E-state index contributed by atoms with van der Waals surface area (Å²) >= 11 is 0. The maximum Gasteiger partial charge on any atom is 0.311 e. The van der Waals surface area contributed by atoms with Gasteiger partial charge in [0.1, 0.15) is 5.75 Å². The first-order valence-corrected chi connectivity index (χ1v) is 8.27. The van der Waals surface area contributed by atoms with Gasteiger partial charge in [-0.25, -0.2) is 0 Å². The molecule has 1 saturated heterocycles. The Bertz CT molecular complexity index is 592. The zero-order valence-electron chi connectivity index (χ0n) is 13.5. The van der Waals surface area contributed by atoms with Gasteiger partial charge in [0.25, 0.3) is 5.91 Å². The molecule has 0 unspecified atom stereocenters. The maximum absolute atomic E-state index is 12.5. The zero-order chi connectivity index (χ0) is 16.4. The standard InChI is InChI=1S/C18H23NO4/c1-18(17(21)22)10-11-19(12-18)16(20)13-6-8-15(9-7-13)23-14-4-2-3-5-14/h6-9,14H,2-5,10-12H2,1H3,(H,21,22)/t18-/m0/s1. The molecule has 0 bridgehead atoms. The summed E-state index contributed by atoms with van der Waals surface area (Å²) < 4.78 is 5.90. The molecule has 2 fully saturated rings. The van der Waals surface area contributed by atoms with Crippen LogP contribution in [0, 0.1) is 5.41 Å². The van der Waals surface area contributed by atoms with Gasteiger partial charge in [-0.1, -0.05) is 0 Å².